The van der Waals surface area contributed by atoms with E-state index in [1.807, 2.05) is 0 Å². The lowest BCUT2D eigenvalue weighted by Crippen LogP contribution is -2.28. The predicted molar refractivity (Wildman–Crippen MR) is 65.7 cm³/mol. The Morgan fingerprint density at radius 2 is 2.18 bits per heavy atom. The molecule has 0 aliphatic heterocycles. The summed E-state index contributed by atoms with van der Waals surface area (Å²) in [5.41, 5.74) is 1.24. The Morgan fingerprint density at radius 1 is 1.41 bits per heavy atom. The van der Waals surface area contributed by atoms with E-state index < -0.39 is 5.97 Å². The van der Waals surface area contributed by atoms with E-state index in [0.29, 0.717) is 19.4 Å². The van der Waals surface area contributed by atoms with Crippen molar-refractivity contribution >= 4 is 11.9 Å². The molecule has 0 aromatic heterocycles. The number of amides is 1. The molecule has 0 bridgehead atoms. The van der Waals surface area contributed by atoms with Gasteiger partial charge in [0.25, 0.3) is 0 Å². The van der Waals surface area contributed by atoms with Crippen LogP contribution in [0.3, 0.4) is 0 Å². The van der Waals surface area contributed by atoms with E-state index in [1.165, 1.54) is 18.4 Å². The van der Waals surface area contributed by atoms with E-state index in [0.717, 1.165) is 12.8 Å². The zero-order valence-electron chi connectivity index (χ0n) is 10.4. The van der Waals surface area contributed by atoms with Gasteiger partial charge in [-0.05, 0) is 32.1 Å². The van der Waals surface area contributed by atoms with Crippen LogP contribution in [0.25, 0.3) is 0 Å². The number of carbonyl (C=O) groups excluding carboxylic acids is 1. The molecule has 96 valence electrons. The maximum absolute atomic E-state index is 11.8. The Kier molecular flexibility index (Phi) is 5.73. The van der Waals surface area contributed by atoms with Gasteiger partial charge in [-0.3, -0.25) is 9.59 Å². The highest BCUT2D eigenvalue weighted by atomic mass is 16.4. The zero-order chi connectivity index (χ0) is 12.7. The number of nitrogens with zero attached hydrogens (tertiary/aromatic N) is 1. The summed E-state index contributed by atoms with van der Waals surface area (Å²) in [5, 5.41) is 8.51. The third-order valence-electron chi connectivity index (χ3n) is 3.07. The molecule has 1 N–H and O–H groups in total. The molecule has 0 radical (unpaired) electrons. The van der Waals surface area contributed by atoms with Crippen LogP contribution < -0.4 is 0 Å². The molecule has 0 spiro atoms. The molecule has 4 heteroatoms. The van der Waals surface area contributed by atoms with E-state index in [-0.39, 0.29) is 12.3 Å². The molecule has 0 aromatic carbocycles. The Balaban J connectivity index is 2.26. The molecule has 0 aromatic rings. The highest BCUT2D eigenvalue weighted by Crippen LogP contribution is 2.20. The molecule has 0 fully saturated rings. The molecule has 1 amide bonds. The van der Waals surface area contributed by atoms with E-state index in [1.54, 1.807) is 11.9 Å². The molecular weight excluding hydrogens is 218 g/mol. The van der Waals surface area contributed by atoms with E-state index in [4.69, 9.17) is 5.11 Å². The maximum atomic E-state index is 11.8. The van der Waals surface area contributed by atoms with Crippen LogP contribution >= 0.6 is 0 Å². The number of carboxylic acids is 1. The number of hydrogen-bond donors (Lipinski definition) is 1. The summed E-state index contributed by atoms with van der Waals surface area (Å²) in [6.07, 6.45) is 7.86. The summed E-state index contributed by atoms with van der Waals surface area (Å²) < 4.78 is 0. The lowest BCUT2D eigenvalue weighted by Gasteiger charge is -2.19. The summed E-state index contributed by atoms with van der Waals surface area (Å²) in [6.45, 7) is 0.526. The summed E-state index contributed by atoms with van der Waals surface area (Å²) in [5.74, 6) is -0.704. The Bertz CT molecular complexity index is 310. The van der Waals surface area contributed by atoms with Crippen LogP contribution in [0.5, 0.6) is 0 Å². The zero-order valence-corrected chi connectivity index (χ0v) is 10.4. The van der Waals surface area contributed by atoms with Gasteiger partial charge in [0.1, 0.15) is 0 Å². The quantitative estimate of drug-likeness (QED) is 0.723. The summed E-state index contributed by atoms with van der Waals surface area (Å²) in [4.78, 5) is 23.8. The normalized spacial score (nSPS) is 15.2. The largest absolute Gasteiger partial charge is 0.481 e. The topological polar surface area (TPSA) is 57.6 Å². The molecule has 0 saturated carbocycles. The first-order chi connectivity index (χ1) is 8.09. The molecule has 17 heavy (non-hydrogen) atoms. The summed E-state index contributed by atoms with van der Waals surface area (Å²) in [6, 6.07) is 0. The molecule has 0 atom stereocenters. The van der Waals surface area contributed by atoms with Crippen LogP contribution in [0.4, 0.5) is 0 Å². The minimum Gasteiger partial charge on any atom is -0.481 e. The van der Waals surface area contributed by atoms with Crippen LogP contribution in [0.1, 0.15) is 44.9 Å². The second kappa shape index (κ2) is 7.09. The van der Waals surface area contributed by atoms with Gasteiger partial charge in [-0.2, -0.15) is 0 Å². The van der Waals surface area contributed by atoms with Crippen LogP contribution in [-0.2, 0) is 9.59 Å². The number of rotatable bonds is 6. The van der Waals surface area contributed by atoms with Gasteiger partial charge >= 0.3 is 5.97 Å². The van der Waals surface area contributed by atoms with Gasteiger partial charge in [-0.15, -0.1) is 0 Å². The van der Waals surface area contributed by atoms with Gasteiger partial charge in [-0.25, -0.2) is 0 Å². The van der Waals surface area contributed by atoms with Crippen LogP contribution in [-0.4, -0.2) is 35.5 Å². The summed E-state index contributed by atoms with van der Waals surface area (Å²) in [7, 11) is 1.74. The van der Waals surface area contributed by atoms with Crippen molar-refractivity contribution in [2.24, 2.45) is 0 Å². The van der Waals surface area contributed by atoms with Crippen molar-refractivity contribution in [3.05, 3.63) is 11.6 Å². The molecule has 0 unspecified atom stereocenters. The third-order valence-corrected chi connectivity index (χ3v) is 3.07. The van der Waals surface area contributed by atoms with Crippen molar-refractivity contribution in [2.45, 2.75) is 44.9 Å². The van der Waals surface area contributed by atoms with Gasteiger partial charge in [0, 0.05) is 26.4 Å². The van der Waals surface area contributed by atoms with Gasteiger partial charge in [-0.1, -0.05) is 11.6 Å². The molecule has 4 nitrogen and oxygen atoms in total. The van der Waals surface area contributed by atoms with Crippen molar-refractivity contribution in [2.75, 3.05) is 13.6 Å². The van der Waals surface area contributed by atoms with Gasteiger partial charge in [0.2, 0.25) is 5.91 Å². The first-order valence-electron chi connectivity index (χ1n) is 6.23. The molecule has 0 heterocycles. The van der Waals surface area contributed by atoms with Crippen molar-refractivity contribution < 1.29 is 14.7 Å². The van der Waals surface area contributed by atoms with Gasteiger partial charge in [0.05, 0.1) is 0 Å². The van der Waals surface area contributed by atoms with E-state index in [2.05, 4.69) is 6.08 Å². The number of hydrogen-bond acceptors (Lipinski definition) is 2. The average Bonchev–Trinajstić information content (AvgIpc) is 2.29. The predicted octanol–water partition coefficient (Wildman–Crippen LogP) is 2.20. The van der Waals surface area contributed by atoms with Crippen LogP contribution in [0.15, 0.2) is 11.6 Å². The standard InChI is InChI=1S/C13H21NO3/c1-14(9-5-8-13(16)17)12(15)10-11-6-3-2-4-7-11/h6H,2-5,7-10H2,1H3,(H,16,17). The van der Waals surface area contributed by atoms with E-state index in [9.17, 15) is 9.59 Å². The second-order valence-electron chi connectivity index (χ2n) is 4.60. The Hall–Kier alpha value is -1.32. The maximum Gasteiger partial charge on any atom is 0.303 e. The molecular formula is C13H21NO3. The van der Waals surface area contributed by atoms with Crippen molar-refractivity contribution in [3.8, 4) is 0 Å². The van der Waals surface area contributed by atoms with E-state index >= 15 is 0 Å². The van der Waals surface area contributed by atoms with Gasteiger partial charge in [0.15, 0.2) is 0 Å². The fraction of sp³-hybridized carbons (Fsp3) is 0.692. The number of carbonyl (C=O) groups is 2. The lowest BCUT2D eigenvalue weighted by atomic mass is 9.97. The summed E-state index contributed by atoms with van der Waals surface area (Å²) >= 11 is 0. The first-order valence-corrected chi connectivity index (χ1v) is 6.23. The van der Waals surface area contributed by atoms with Crippen molar-refractivity contribution in [1.82, 2.24) is 4.90 Å². The fourth-order valence-corrected chi connectivity index (χ4v) is 1.99. The molecule has 1 aliphatic carbocycles. The minimum absolute atomic E-state index is 0.100. The third kappa shape index (κ3) is 5.52. The number of carboxylic acid groups (broad SMARTS) is 1. The number of allylic oxidation sites excluding steroid dienone is 1. The lowest BCUT2D eigenvalue weighted by molar-refractivity contribution is -0.138. The first kappa shape index (κ1) is 13.7. The Labute approximate surface area is 102 Å². The molecule has 0 saturated heterocycles. The average molecular weight is 239 g/mol. The van der Waals surface area contributed by atoms with Crippen molar-refractivity contribution in [3.63, 3.8) is 0 Å². The minimum atomic E-state index is -0.805. The van der Waals surface area contributed by atoms with Crippen LogP contribution in [0, 0.1) is 0 Å². The molecule has 1 rings (SSSR count). The fourth-order valence-electron chi connectivity index (χ4n) is 1.99. The molecule has 1 aliphatic rings. The van der Waals surface area contributed by atoms with Gasteiger partial charge < -0.3 is 10.0 Å². The Morgan fingerprint density at radius 3 is 2.76 bits per heavy atom. The second-order valence-corrected chi connectivity index (χ2v) is 4.60. The smallest absolute Gasteiger partial charge is 0.303 e. The SMILES string of the molecule is CN(CCCC(=O)O)C(=O)CC1=CCCCC1. The highest BCUT2D eigenvalue weighted by Gasteiger charge is 2.13. The van der Waals surface area contributed by atoms with Crippen molar-refractivity contribution in [1.29, 1.82) is 0 Å². The highest BCUT2D eigenvalue weighted by molar-refractivity contribution is 5.78. The number of aliphatic carboxylic acids is 1. The van der Waals surface area contributed by atoms with Crippen LogP contribution in [0.2, 0.25) is 0 Å². The monoisotopic (exact) mass is 239 g/mol.